The van der Waals surface area contributed by atoms with Crippen molar-refractivity contribution >= 4 is 35.8 Å². The number of hydrogen-bond donors (Lipinski definition) is 2. The number of amides is 1. The molecule has 1 fully saturated rings. The summed E-state index contributed by atoms with van der Waals surface area (Å²) in [6, 6.07) is 8.91. The number of guanidine groups is 1. The molecule has 2 aliphatic rings. The Labute approximate surface area is 148 Å². The summed E-state index contributed by atoms with van der Waals surface area (Å²) >= 11 is 0. The summed E-state index contributed by atoms with van der Waals surface area (Å²) in [4.78, 5) is 18.3. The molecule has 1 aliphatic carbocycles. The summed E-state index contributed by atoms with van der Waals surface area (Å²) in [5.41, 5.74) is 2.75. The molecule has 6 heteroatoms. The lowest BCUT2D eigenvalue weighted by molar-refractivity contribution is -0.120. The van der Waals surface area contributed by atoms with Crippen molar-refractivity contribution in [2.45, 2.75) is 31.8 Å². The molecule has 3 rings (SSSR count). The largest absolute Gasteiger partial charge is 0.352 e. The smallest absolute Gasteiger partial charge is 0.239 e. The van der Waals surface area contributed by atoms with Crippen molar-refractivity contribution in [1.29, 1.82) is 0 Å². The highest BCUT2D eigenvalue weighted by atomic mass is 127. The number of hydrogen-bond acceptors (Lipinski definition) is 2. The highest BCUT2D eigenvalue weighted by Crippen LogP contribution is 2.19. The van der Waals surface area contributed by atoms with Crippen LogP contribution in [0.25, 0.3) is 0 Å². The fraction of sp³-hybridized carbons (Fsp3) is 0.500. The molecule has 1 aliphatic heterocycles. The van der Waals surface area contributed by atoms with E-state index in [1.807, 2.05) is 0 Å². The van der Waals surface area contributed by atoms with Crippen LogP contribution in [0.3, 0.4) is 0 Å². The predicted octanol–water partition coefficient (Wildman–Crippen LogP) is 1.52. The topological polar surface area (TPSA) is 56.7 Å². The molecule has 120 valence electrons. The molecule has 5 nitrogen and oxygen atoms in total. The summed E-state index contributed by atoms with van der Waals surface area (Å²) in [7, 11) is 1.77. The Hall–Kier alpha value is -1.31. The van der Waals surface area contributed by atoms with Gasteiger partial charge in [0.05, 0.1) is 6.54 Å². The molecule has 1 aromatic carbocycles. The van der Waals surface area contributed by atoms with Gasteiger partial charge < -0.3 is 15.5 Å². The first kappa shape index (κ1) is 17.1. The number of aliphatic imine (C=N–C) groups is 1. The van der Waals surface area contributed by atoms with Gasteiger partial charge in [0.25, 0.3) is 0 Å². The summed E-state index contributed by atoms with van der Waals surface area (Å²) in [5.74, 6) is 0.853. The number of rotatable bonds is 3. The van der Waals surface area contributed by atoms with Gasteiger partial charge in [-0.15, -0.1) is 24.0 Å². The minimum atomic E-state index is 0. The van der Waals surface area contributed by atoms with Crippen LogP contribution < -0.4 is 10.6 Å². The Morgan fingerprint density at radius 2 is 2.05 bits per heavy atom. The van der Waals surface area contributed by atoms with E-state index in [1.54, 1.807) is 7.05 Å². The molecule has 1 saturated carbocycles. The van der Waals surface area contributed by atoms with Crippen LogP contribution in [0.4, 0.5) is 0 Å². The van der Waals surface area contributed by atoms with Crippen LogP contribution in [0, 0.1) is 0 Å². The molecular weight excluding hydrogens is 391 g/mol. The number of nitrogens with zero attached hydrogens (tertiary/aromatic N) is 2. The number of carbonyl (C=O) groups excluding carboxylic acids is 1. The Morgan fingerprint density at radius 1 is 1.32 bits per heavy atom. The van der Waals surface area contributed by atoms with Gasteiger partial charge in [-0.1, -0.05) is 24.3 Å². The van der Waals surface area contributed by atoms with Crippen LogP contribution in [0.15, 0.2) is 29.3 Å². The van der Waals surface area contributed by atoms with E-state index in [1.165, 1.54) is 11.1 Å². The first-order chi connectivity index (χ1) is 10.3. The van der Waals surface area contributed by atoms with Crippen molar-refractivity contribution in [2.24, 2.45) is 4.99 Å². The maximum absolute atomic E-state index is 11.7. The summed E-state index contributed by atoms with van der Waals surface area (Å²) < 4.78 is 0. The van der Waals surface area contributed by atoms with E-state index in [9.17, 15) is 4.79 Å². The first-order valence-corrected chi connectivity index (χ1v) is 7.58. The zero-order valence-corrected chi connectivity index (χ0v) is 15.2. The molecule has 0 bridgehead atoms. The third kappa shape index (κ3) is 4.34. The SMILES string of the molecule is CN=C(NCC(=O)NC1CC1)N1CCc2ccccc2C1.I. The van der Waals surface area contributed by atoms with Crippen LogP contribution in [-0.2, 0) is 17.8 Å². The standard InChI is InChI=1S/C16H22N4O.HI/c1-17-16(18-10-15(21)19-14-6-7-14)20-9-8-12-4-2-3-5-13(12)11-20;/h2-5,14H,6-11H2,1H3,(H,17,18)(H,19,21);1H. The summed E-state index contributed by atoms with van der Waals surface area (Å²) in [6.45, 7) is 2.07. The van der Waals surface area contributed by atoms with Gasteiger partial charge in [0.1, 0.15) is 0 Å². The van der Waals surface area contributed by atoms with Gasteiger partial charge in [-0.3, -0.25) is 9.79 Å². The first-order valence-electron chi connectivity index (χ1n) is 7.58. The molecule has 0 saturated heterocycles. The fourth-order valence-electron chi connectivity index (χ4n) is 2.67. The quantitative estimate of drug-likeness (QED) is 0.448. The second-order valence-electron chi connectivity index (χ2n) is 5.68. The Bertz CT molecular complexity index is 557. The zero-order valence-electron chi connectivity index (χ0n) is 12.8. The van der Waals surface area contributed by atoms with E-state index in [-0.39, 0.29) is 29.9 Å². The monoisotopic (exact) mass is 414 g/mol. The van der Waals surface area contributed by atoms with Gasteiger partial charge in [-0.25, -0.2) is 0 Å². The average Bonchev–Trinajstić information content (AvgIpc) is 3.31. The van der Waals surface area contributed by atoms with Crippen molar-refractivity contribution in [1.82, 2.24) is 15.5 Å². The molecular formula is C16H23IN4O. The van der Waals surface area contributed by atoms with Crippen LogP contribution in [0.2, 0.25) is 0 Å². The van der Waals surface area contributed by atoms with Gasteiger partial charge in [0.2, 0.25) is 5.91 Å². The van der Waals surface area contributed by atoms with E-state index in [0.29, 0.717) is 12.6 Å². The normalized spacial score (nSPS) is 17.3. The van der Waals surface area contributed by atoms with Gasteiger partial charge in [-0.2, -0.15) is 0 Å². The maximum atomic E-state index is 11.7. The number of nitrogens with one attached hydrogen (secondary N) is 2. The van der Waals surface area contributed by atoms with Crippen LogP contribution in [0.5, 0.6) is 0 Å². The maximum Gasteiger partial charge on any atom is 0.239 e. The van der Waals surface area contributed by atoms with Gasteiger partial charge in [-0.05, 0) is 30.4 Å². The molecule has 1 amide bonds. The van der Waals surface area contributed by atoms with Gasteiger partial charge in [0.15, 0.2) is 5.96 Å². The highest BCUT2D eigenvalue weighted by Gasteiger charge is 2.24. The van der Waals surface area contributed by atoms with E-state index < -0.39 is 0 Å². The fourth-order valence-corrected chi connectivity index (χ4v) is 2.67. The summed E-state index contributed by atoms with van der Waals surface area (Å²) in [6.07, 6.45) is 3.25. The van der Waals surface area contributed by atoms with Crippen molar-refractivity contribution in [3.8, 4) is 0 Å². The molecule has 0 aromatic heterocycles. The van der Waals surface area contributed by atoms with Crippen molar-refractivity contribution in [2.75, 3.05) is 20.1 Å². The zero-order chi connectivity index (χ0) is 14.7. The minimum absolute atomic E-state index is 0. The molecule has 0 radical (unpaired) electrons. The molecule has 1 aromatic rings. The van der Waals surface area contributed by atoms with E-state index in [2.05, 4.69) is 44.8 Å². The molecule has 0 unspecified atom stereocenters. The number of halogens is 1. The average molecular weight is 414 g/mol. The van der Waals surface area contributed by atoms with Crippen molar-refractivity contribution in [3.63, 3.8) is 0 Å². The lowest BCUT2D eigenvalue weighted by atomic mass is 10.0. The Balaban J connectivity index is 0.00000176. The molecule has 0 spiro atoms. The van der Waals surface area contributed by atoms with Crippen LogP contribution in [-0.4, -0.2) is 42.9 Å². The van der Waals surface area contributed by atoms with Gasteiger partial charge >= 0.3 is 0 Å². The van der Waals surface area contributed by atoms with Crippen LogP contribution >= 0.6 is 24.0 Å². The second kappa shape index (κ2) is 7.80. The third-order valence-corrected chi connectivity index (χ3v) is 3.99. The highest BCUT2D eigenvalue weighted by molar-refractivity contribution is 14.0. The molecule has 0 atom stereocenters. The van der Waals surface area contributed by atoms with E-state index >= 15 is 0 Å². The van der Waals surface area contributed by atoms with Crippen molar-refractivity contribution < 1.29 is 4.79 Å². The predicted molar refractivity (Wildman–Crippen MR) is 98.5 cm³/mol. The lowest BCUT2D eigenvalue weighted by Gasteiger charge is -2.31. The van der Waals surface area contributed by atoms with Gasteiger partial charge in [0, 0.05) is 26.2 Å². The molecule has 1 heterocycles. The van der Waals surface area contributed by atoms with Crippen LogP contribution in [0.1, 0.15) is 24.0 Å². The molecule has 2 N–H and O–H groups in total. The number of benzene rings is 1. The molecule has 22 heavy (non-hydrogen) atoms. The third-order valence-electron chi connectivity index (χ3n) is 3.99. The van der Waals surface area contributed by atoms with E-state index in [0.717, 1.165) is 38.3 Å². The number of fused-ring (bicyclic) bond motifs is 1. The lowest BCUT2D eigenvalue weighted by Crippen LogP contribution is -2.47. The van der Waals surface area contributed by atoms with E-state index in [4.69, 9.17) is 0 Å². The Kier molecular flexibility index (Phi) is 6.05. The van der Waals surface area contributed by atoms with Crippen molar-refractivity contribution in [3.05, 3.63) is 35.4 Å². The summed E-state index contributed by atoms with van der Waals surface area (Å²) in [5, 5.41) is 6.14. The second-order valence-corrected chi connectivity index (χ2v) is 5.68. The number of carbonyl (C=O) groups is 1. The Morgan fingerprint density at radius 3 is 2.73 bits per heavy atom. The minimum Gasteiger partial charge on any atom is -0.352 e.